The van der Waals surface area contributed by atoms with Crippen molar-refractivity contribution in [1.29, 1.82) is 0 Å². The summed E-state index contributed by atoms with van der Waals surface area (Å²) < 4.78 is 25.0. The third kappa shape index (κ3) is 4.15. The minimum atomic E-state index is -2.27. The number of alkyl halides is 2. The highest BCUT2D eigenvalue weighted by Gasteiger charge is 2.07. The molecule has 0 spiro atoms. The van der Waals surface area contributed by atoms with Gasteiger partial charge >= 0.3 is 0 Å². The van der Waals surface area contributed by atoms with Crippen LogP contribution in [0.4, 0.5) is 8.78 Å². The molecule has 0 amide bonds. The summed E-state index contributed by atoms with van der Waals surface area (Å²) in [5, 5.41) is 0. The zero-order valence-electron chi connectivity index (χ0n) is 7.88. The Labute approximate surface area is 90.8 Å². The second-order valence-electron chi connectivity index (χ2n) is 3.22. The standard InChI is InChI=1S/C10H12BrF2N/c1-14(7-10(12)13)6-8-3-2-4-9(11)5-8/h2-5,10H,6-7H2,1H3. The molecule has 1 aromatic carbocycles. The molecule has 78 valence electrons. The van der Waals surface area contributed by atoms with Crippen molar-refractivity contribution in [3.8, 4) is 0 Å². The summed E-state index contributed by atoms with van der Waals surface area (Å²) in [5.41, 5.74) is 1.03. The Hall–Kier alpha value is -0.480. The fraction of sp³-hybridized carbons (Fsp3) is 0.400. The summed E-state index contributed by atoms with van der Waals surface area (Å²) in [6.07, 6.45) is -2.27. The molecule has 0 aliphatic heterocycles. The normalized spacial score (nSPS) is 11.3. The molecule has 0 unspecified atom stereocenters. The number of hydrogen-bond donors (Lipinski definition) is 0. The lowest BCUT2D eigenvalue weighted by Gasteiger charge is -2.15. The molecule has 0 aliphatic carbocycles. The van der Waals surface area contributed by atoms with Crippen molar-refractivity contribution < 1.29 is 8.78 Å². The van der Waals surface area contributed by atoms with E-state index in [9.17, 15) is 8.78 Å². The second-order valence-corrected chi connectivity index (χ2v) is 4.13. The van der Waals surface area contributed by atoms with Crippen LogP contribution in [0, 0.1) is 0 Å². The minimum Gasteiger partial charge on any atom is -0.297 e. The Morgan fingerprint density at radius 2 is 2.14 bits per heavy atom. The van der Waals surface area contributed by atoms with Crippen LogP contribution < -0.4 is 0 Å². The molecule has 0 heterocycles. The van der Waals surface area contributed by atoms with Crippen molar-refractivity contribution in [2.45, 2.75) is 13.0 Å². The van der Waals surface area contributed by atoms with Gasteiger partial charge in [0.1, 0.15) is 0 Å². The highest BCUT2D eigenvalue weighted by atomic mass is 79.9. The van der Waals surface area contributed by atoms with Crippen LogP contribution in [0.1, 0.15) is 5.56 Å². The second kappa shape index (κ2) is 5.41. The molecule has 0 atom stereocenters. The molecule has 1 rings (SSSR count). The van der Waals surface area contributed by atoms with E-state index in [0.29, 0.717) is 6.54 Å². The Morgan fingerprint density at radius 3 is 2.71 bits per heavy atom. The van der Waals surface area contributed by atoms with Gasteiger partial charge in [-0.3, -0.25) is 4.90 Å². The van der Waals surface area contributed by atoms with Crippen LogP contribution in [0.3, 0.4) is 0 Å². The maximum Gasteiger partial charge on any atom is 0.251 e. The van der Waals surface area contributed by atoms with E-state index < -0.39 is 6.43 Å². The Bertz CT molecular complexity index is 291. The maximum atomic E-state index is 12.0. The molecule has 0 fully saturated rings. The number of hydrogen-bond acceptors (Lipinski definition) is 1. The molecule has 4 heteroatoms. The molecule has 1 nitrogen and oxygen atoms in total. The SMILES string of the molecule is CN(Cc1cccc(Br)c1)CC(F)F. The molecular formula is C10H12BrF2N. The van der Waals surface area contributed by atoms with Gasteiger partial charge in [0.05, 0.1) is 6.54 Å². The Kier molecular flexibility index (Phi) is 4.48. The van der Waals surface area contributed by atoms with Gasteiger partial charge < -0.3 is 0 Å². The monoisotopic (exact) mass is 263 g/mol. The maximum absolute atomic E-state index is 12.0. The molecule has 0 saturated carbocycles. The Balaban J connectivity index is 2.51. The molecule has 0 aromatic heterocycles. The first-order valence-electron chi connectivity index (χ1n) is 4.29. The van der Waals surface area contributed by atoms with E-state index in [0.717, 1.165) is 10.0 Å². The van der Waals surface area contributed by atoms with Crippen molar-refractivity contribution in [2.24, 2.45) is 0 Å². The van der Waals surface area contributed by atoms with Crippen molar-refractivity contribution in [3.05, 3.63) is 34.3 Å². The van der Waals surface area contributed by atoms with Gasteiger partial charge in [-0.25, -0.2) is 8.78 Å². The van der Waals surface area contributed by atoms with E-state index in [2.05, 4.69) is 15.9 Å². The van der Waals surface area contributed by atoms with Crippen LogP contribution in [0.2, 0.25) is 0 Å². The van der Waals surface area contributed by atoms with Crippen molar-refractivity contribution >= 4 is 15.9 Å². The summed E-state index contributed by atoms with van der Waals surface area (Å²) in [6.45, 7) is 0.357. The summed E-state index contributed by atoms with van der Waals surface area (Å²) in [4.78, 5) is 1.60. The summed E-state index contributed by atoms with van der Waals surface area (Å²) in [6, 6.07) is 7.67. The number of halogens is 3. The molecule has 1 aromatic rings. The summed E-state index contributed by atoms with van der Waals surface area (Å²) in [5.74, 6) is 0. The highest BCUT2D eigenvalue weighted by Crippen LogP contribution is 2.13. The number of nitrogens with zero attached hydrogens (tertiary/aromatic N) is 1. The Morgan fingerprint density at radius 1 is 1.43 bits per heavy atom. The first-order valence-corrected chi connectivity index (χ1v) is 5.08. The van der Waals surface area contributed by atoms with E-state index in [1.165, 1.54) is 0 Å². The van der Waals surface area contributed by atoms with Crippen LogP contribution in [-0.4, -0.2) is 24.9 Å². The largest absolute Gasteiger partial charge is 0.297 e. The van der Waals surface area contributed by atoms with Crippen LogP contribution in [-0.2, 0) is 6.54 Å². The lowest BCUT2D eigenvalue weighted by atomic mass is 10.2. The highest BCUT2D eigenvalue weighted by molar-refractivity contribution is 9.10. The van der Waals surface area contributed by atoms with E-state index >= 15 is 0 Å². The minimum absolute atomic E-state index is 0.188. The molecular weight excluding hydrogens is 252 g/mol. The molecule has 0 bridgehead atoms. The molecule has 0 saturated heterocycles. The lowest BCUT2D eigenvalue weighted by molar-refractivity contribution is 0.0975. The van der Waals surface area contributed by atoms with Crippen molar-refractivity contribution in [2.75, 3.05) is 13.6 Å². The van der Waals surface area contributed by atoms with Gasteiger partial charge in [0.2, 0.25) is 0 Å². The fourth-order valence-corrected chi connectivity index (χ4v) is 1.69. The van der Waals surface area contributed by atoms with Crippen LogP contribution in [0.25, 0.3) is 0 Å². The van der Waals surface area contributed by atoms with Gasteiger partial charge in [0.25, 0.3) is 6.43 Å². The lowest BCUT2D eigenvalue weighted by Crippen LogP contribution is -2.23. The van der Waals surface area contributed by atoms with Gasteiger partial charge in [-0.2, -0.15) is 0 Å². The average molecular weight is 264 g/mol. The van der Waals surface area contributed by atoms with Crippen LogP contribution in [0.15, 0.2) is 28.7 Å². The van der Waals surface area contributed by atoms with E-state index in [1.807, 2.05) is 24.3 Å². The van der Waals surface area contributed by atoms with Gasteiger partial charge in [-0.1, -0.05) is 28.1 Å². The van der Waals surface area contributed by atoms with E-state index in [-0.39, 0.29) is 6.54 Å². The van der Waals surface area contributed by atoms with Crippen molar-refractivity contribution in [1.82, 2.24) is 4.90 Å². The van der Waals surface area contributed by atoms with E-state index in [4.69, 9.17) is 0 Å². The topological polar surface area (TPSA) is 3.24 Å². The quantitative estimate of drug-likeness (QED) is 0.807. The summed E-state index contributed by atoms with van der Waals surface area (Å²) >= 11 is 3.34. The average Bonchev–Trinajstić information content (AvgIpc) is 2.01. The van der Waals surface area contributed by atoms with Gasteiger partial charge in [-0.15, -0.1) is 0 Å². The van der Waals surface area contributed by atoms with Gasteiger partial charge in [0.15, 0.2) is 0 Å². The summed E-state index contributed by atoms with van der Waals surface area (Å²) in [7, 11) is 1.69. The molecule has 0 aliphatic rings. The fourth-order valence-electron chi connectivity index (χ4n) is 1.25. The van der Waals surface area contributed by atoms with E-state index in [1.54, 1.807) is 11.9 Å². The van der Waals surface area contributed by atoms with Gasteiger partial charge in [0, 0.05) is 11.0 Å². The molecule has 0 radical (unpaired) electrons. The van der Waals surface area contributed by atoms with Gasteiger partial charge in [-0.05, 0) is 24.7 Å². The van der Waals surface area contributed by atoms with Crippen LogP contribution in [0.5, 0.6) is 0 Å². The number of benzene rings is 1. The first kappa shape index (κ1) is 11.6. The third-order valence-corrected chi connectivity index (χ3v) is 2.28. The predicted octanol–water partition coefficient (Wildman–Crippen LogP) is 3.15. The zero-order chi connectivity index (χ0) is 10.6. The predicted molar refractivity (Wildman–Crippen MR) is 56.5 cm³/mol. The first-order chi connectivity index (χ1) is 6.58. The zero-order valence-corrected chi connectivity index (χ0v) is 9.47. The molecule has 0 N–H and O–H groups in total. The van der Waals surface area contributed by atoms with Crippen molar-refractivity contribution in [3.63, 3.8) is 0 Å². The smallest absolute Gasteiger partial charge is 0.251 e. The van der Waals surface area contributed by atoms with Crippen LogP contribution >= 0.6 is 15.9 Å². The number of rotatable bonds is 4. The molecule has 14 heavy (non-hydrogen) atoms. The third-order valence-electron chi connectivity index (χ3n) is 1.79.